The number of Topliss-reactive ketones (excluding diaryl/α,β-unsaturated/α-hetero) is 3. The van der Waals surface area contributed by atoms with E-state index in [4.69, 9.17) is 23.7 Å². The monoisotopic (exact) mass is 914 g/mol. The smallest absolute Gasteiger partial charge is 0.329 e. The fourth-order valence-corrected chi connectivity index (χ4v) is 10.1. The maximum atomic E-state index is 14.4. The van der Waals surface area contributed by atoms with E-state index in [0.29, 0.717) is 63.4 Å². The van der Waals surface area contributed by atoms with Crippen LogP contribution in [0.4, 0.5) is 0 Å². The van der Waals surface area contributed by atoms with E-state index >= 15 is 0 Å². The van der Waals surface area contributed by atoms with E-state index in [1.165, 1.54) is 12.0 Å². The number of hydrogen-bond acceptors (Lipinski definition) is 13. The Morgan fingerprint density at radius 2 is 1.57 bits per heavy atom. The third kappa shape index (κ3) is 14.3. The van der Waals surface area contributed by atoms with Gasteiger partial charge in [0.1, 0.15) is 30.1 Å². The molecule has 14 nitrogen and oxygen atoms in total. The van der Waals surface area contributed by atoms with E-state index in [1.807, 2.05) is 58.1 Å². The van der Waals surface area contributed by atoms with Gasteiger partial charge in [0.2, 0.25) is 5.79 Å². The van der Waals surface area contributed by atoms with Crippen LogP contribution < -0.4 is 0 Å². The van der Waals surface area contributed by atoms with E-state index < -0.39 is 83.9 Å². The van der Waals surface area contributed by atoms with Gasteiger partial charge in [0.05, 0.1) is 24.4 Å². The van der Waals surface area contributed by atoms with Crippen molar-refractivity contribution in [3.63, 3.8) is 0 Å². The van der Waals surface area contributed by atoms with Crippen LogP contribution in [0.2, 0.25) is 0 Å². The number of esters is 1. The number of aliphatic hydroxyl groups excluding tert-OH is 2. The van der Waals surface area contributed by atoms with Gasteiger partial charge < -0.3 is 43.9 Å². The van der Waals surface area contributed by atoms with Crippen LogP contribution in [0.25, 0.3) is 0 Å². The van der Waals surface area contributed by atoms with Gasteiger partial charge in [-0.3, -0.25) is 19.2 Å². The summed E-state index contributed by atoms with van der Waals surface area (Å²) in [6, 6.07) is -1.14. The van der Waals surface area contributed by atoms with E-state index in [-0.39, 0.29) is 54.8 Å². The summed E-state index contributed by atoms with van der Waals surface area (Å²) in [6.07, 6.45) is 11.2. The highest BCUT2D eigenvalue weighted by atomic mass is 16.6. The van der Waals surface area contributed by atoms with Crippen molar-refractivity contribution >= 4 is 29.2 Å². The van der Waals surface area contributed by atoms with Gasteiger partial charge in [-0.1, -0.05) is 71.1 Å². The Bertz CT molecular complexity index is 1760. The first-order valence-corrected chi connectivity index (χ1v) is 23.9. The molecule has 366 valence electrons. The zero-order valence-corrected chi connectivity index (χ0v) is 40.6. The predicted octanol–water partition coefficient (Wildman–Crippen LogP) is 6.18. The lowest BCUT2D eigenvalue weighted by molar-refractivity contribution is -0.265. The molecule has 1 saturated carbocycles. The molecule has 4 aliphatic rings. The fourth-order valence-electron chi connectivity index (χ4n) is 10.1. The second-order valence-electron chi connectivity index (χ2n) is 19.6. The van der Waals surface area contributed by atoms with Crippen LogP contribution in [0, 0.1) is 35.5 Å². The van der Waals surface area contributed by atoms with Crippen LogP contribution in [-0.4, -0.2) is 132 Å². The number of nitrogens with zero attached hydrogens (tertiary/aromatic N) is 1. The first-order valence-electron chi connectivity index (χ1n) is 23.9. The summed E-state index contributed by atoms with van der Waals surface area (Å²) < 4.78 is 29.4. The SMILES string of the molecule is CO[C@H]1C[C@@H]2CCC(C)C(O)(O2)C(=O)C(=O)N2CCCC[C@H]2C(=O)O[C@H]([C@H](C)C[C@@H]2CC[C@@H](O)[C@H](OC)C2)CC(=O)[C@H](C)/C=C(\C)[C@@H](O)[C@@H](OC)C(=O)[C@H](C)C[C@H](C)/C=C/C=C/C=C/1C. The van der Waals surface area contributed by atoms with Crippen molar-refractivity contribution in [2.24, 2.45) is 35.5 Å². The second kappa shape index (κ2) is 25.1. The first-order chi connectivity index (χ1) is 30.7. The molecule has 2 unspecified atom stereocenters. The van der Waals surface area contributed by atoms with Crippen LogP contribution in [0.15, 0.2) is 47.6 Å². The number of cyclic esters (lactones) is 1. The van der Waals surface area contributed by atoms with Crippen molar-refractivity contribution in [1.29, 1.82) is 0 Å². The maximum Gasteiger partial charge on any atom is 0.329 e. The Hall–Kier alpha value is -3.37. The minimum Gasteiger partial charge on any atom is -0.460 e. The van der Waals surface area contributed by atoms with Crippen molar-refractivity contribution < 1.29 is 63.0 Å². The Kier molecular flexibility index (Phi) is 21.0. The average Bonchev–Trinajstić information content (AvgIpc) is 3.28. The number of hydrogen-bond donors (Lipinski definition) is 3. The molecule has 3 heterocycles. The number of rotatable bonds is 6. The van der Waals surface area contributed by atoms with Gasteiger partial charge in [0.15, 0.2) is 5.78 Å². The number of carbonyl (C=O) groups is 5. The van der Waals surface area contributed by atoms with Gasteiger partial charge in [-0.25, -0.2) is 4.79 Å². The molecule has 2 saturated heterocycles. The number of carbonyl (C=O) groups excluding carboxylic acids is 5. The number of piperidine rings is 1. The van der Waals surface area contributed by atoms with E-state index in [2.05, 4.69) is 0 Å². The van der Waals surface area contributed by atoms with Crippen LogP contribution >= 0.6 is 0 Å². The Labute approximate surface area is 387 Å². The highest BCUT2D eigenvalue weighted by Gasteiger charge is 2.53. The summed E-state index contributed by atoms with van der Waals surface area (Å²) >= 11 is 0. The number of ketones is 3. The summed E-state index contributed by atoms with van der Waals surface area (Å²) in [6.45, 7) is 12.7. The molecule has 0 spiro atoms. The molecule has 4 rings (SSSR count). The molecule has 2 bridgehead atoms. The number of ether oxygens (including phenoxy) is 5. The summed E-state index contributed by atoms with van der Waals surface area (Å²) in [5, 5.41) is 33.8. The molecule has 0 radical (unpaired) electrons. The van der Waals surface area contributed by atoms with Crippen LogP contribution in [0.5, 0.6) is 0 Å². The summed E-state index contributed by atoms with van der Waals surface area (Å²) in [5.74, 6) is -7.96. The van der Waals surface area contributed by atoms with Crippen LogP contribution in [0.3, 0.4) is 0 Å². The highest BCUT2D eigenvalue weighted by Crippen LogP contribution is 2.38. The molecule has 14 heteroatoms. The number of allylic oxidation sites excluding steroid dienone is 6. The van der Waals surface area contributed by atoms with Crippen molar-refractivity contribution in [2.75, 3.05) is 27.9 Å². The third-order valence-corrected chi connectivity index (χ3v) is 14.5. The molecule has 1 amide bonds. The number of fused-ring (bicyclic) bond motifs is 3. The van der Waals surface area contributed by atoms with Gasteiger partial charge in [-0.05, 0) is 107 Å². The Balaban J connectivity index is 1.70. The highest BCUT2D eigenvalue weighted by molar-refractivity contribution is 6.39. The molecule has 3 N–H and O–H groups in total. The van der Waals surface area contributed by atoms with Gasteiger partial charge in [0.25, 0.3) is 11.7 Å². The van der Waals surface area contributed by atoms with Crippen molar-refractivity contribution in [1.82, 2.24) is 4.90 Å². The molecule has 0 aromatic carbocycles. The topological polar surface area (TPSA) is 195 Å². The summed E-state index contributed by atoms with van der Waals surface area (Å²) in [4.78, 5) is 71.8. The van der Waals surface area contributed by atoms with Crippen molar-refractivity contribution in [2.45, 2.75) is 180 Å². The van der Waals surface area contributed by atoms with Gasteiger partial charge in [-0.15, -0.1) is 0 Å². The van der Waals surface area contributed by atoms with Gasteiger partial charge in [-0.2, -0.15) is 0 Å². The van der Waals surface area contributed by atoms with Crippen molar-refractivity contribution in [3.8, 4) is 0 Å². The van der Waals surface area contributed by atoms with Crippen LogP contribution in [-0.2, 0) is 47.7 Å². The zero-order valence-electron chi connectivity index (χ0n) is 40.6. The molecule has 15 atom stereocenters. The maximum absolute atomic E-state index is 14.4. The molecule has 1 aliphatic carbocycles. The normalized spacial score (nSPS) is 40.4. The molecular weight excluding hydrogens is 835 g/mol. The number of aliphatic hydroxyl groups is 3. The number of amides is 1. The first kappa shape index (κ1) is 54.2. The molecular formula is C51H79NO13. The lowest BCUT2D eigenvalue weighted by Gasteiger charge is -2.42. The minimum absolute atomic E-state index is 0.0193. The van der Waals surface area contributed by atoms with E-state index in [9.17, 15) is 39.3 Å². The molecule has 0 aromatic heterocycles. The van der Waals surface area contributed by atoms with Gasteiger partial charge in [0, 0.05) is 58.5 Å². The van der Waals surface area contributed by atoms with Crippen molar-refractivity contribution in [3.05, 3.63) is 47.6 Å². The second-order valence-corrected chi connectivity index (χ2v) is 19.6. The van der Waals surface area contributed by atoms with E-state index in [0.717, 1.165) is 12.0 Å². The quantitative estimate of drug-likeness (QED) is 0.156. The predicted molar refractivity (Wildman–Crippen MR) is 245 cm³/mol. The fraction of sp³-hybridized carbons (Fsp3) is 0.745. The number of methoxy groups -OCH3 is 3. The molecule has 0 aromatic rings. The third-order valence-electron chi connectivity index (χ3n) is 14.5. The Morgan fingerprint density at radius 3 is 2.25 bits per heavy atom. The average molecular weight is 914 g/mol. The minimum atomic E-state index is -2.43. The van der Waals surface area contributed by atoms with Gasteiger partial charge >= 0.3 is 5.97 Å². The summed E-state index contributed by atoms with van der Waals surface area (Å²) in [5.41, 5.74) is 1.27. The largest absolute Gasteiger partial charge is 0.460 e. The Morgan fingerprint density at radius 1 is 0.846 bits per heavy atom. The summed E-state index contributed by atoms with van der Waals surface area (Å²) in [7, 11) is 4.52. The van der Waals surface area contributed by atoms with E-state index in [1.54, 1.807) is 41.1 Å². The molecule has 65 heavy (non-hydrogen) atoms. The standard InChI is InChI=1S/C51H79NO13/c1-30-16-12-11-13-17-31(2)42(61-8)28-38-21-19-36(7)51(60,65-38)48(57)49(58)52-23-15-14-18-39(52)50(59)64-43(33(4)26-37-20-22-40(53)44(27-37)62-9)29-41(54)32(3)25-35(6)46(56)47(63-10)45(55)34(5)24-30/h11-13,16-17,25,30,32-34,36-40,42-44,46-47,53,56,60H,14-15,18-24,26-29H2,1-10H3/b13-11+,16-12+,31-17+,35-25+/t30-,32-,33-,34-,36?,37+,38+,39+,40-,42+,43+,44-,46-,47+,51?/m1/s1. The van der Waals surface area contributed by atoms with Crippen LogP contribution in [0.1, 0.15) is 126 Å². The lowest BCUT2D eigenvalue weighted by atomic mass is 9.78. The molecule has 3 aliphatic heterocycles. The lowest BCUT2D eigenvalue weighted by Crippen LogP contribution is -2.61. The zero-order chi connectivity index (χ0) is 48.2. The molecule has 3 fully saturated rings.